The van der Waals surface area contributed by atoms with Gasteiger partial charge in [-0.2, -0.15) is 5.10 Å². The number of rotatable bonds is 9. The van der Waals surface area contributed by atoms with Crippen LogP contribution in [0.3, 0.4) is 0 Å². The van der Waals surface area contributed by atoms with Gasteiger partial charge in [0.25, 0.3) is 0 Å². The standard InChI is InChI=1S/C26H30ClN3O4/c1-5-22(26(31)32)30(4)13-16-10-17-6-8-19(12-23(17)33-14-16)34-24(15(2)3)18-7-9-21-20(11-18)25(27)29-28-21/h6-12,15,22,24H,5,13-14H2,1-4H3,(H,28,29)(H,31,32). The molecule has 0 saturated heterocycles. The lowest BCUT2D eigenvalue weighted by molar-refractivity contribution is -0.142. The van der Waals surface area contributed by atoms with Gasteiger partial charge in [-0.05, 0) is 60.9 Å². The highest BCUT2D eigenvalue weighted by atomic mass is 35.5. The quantitative estimate of drug-likeness (QED) is 0.414. The molecule has 2 aromatic carbocycles. The van der Waals surface area contributed by atoms with Crippen LogP contribution in [0.5, 0.6) is 11.5 Å². The number of fused-ring (bicyclic) bond motifs is 2. The number of halogens is 1. The molecular formula is C26H30ClN3O4. The first-order chi connectivity index (χ1) is 16.3. The van der Waals surface area contributed by atoms with Gasteiger partial charge in [0.2, 0.25) is 0 Å². The van der Waals surface area contributed by atoms with Crippen molar-refractivity contribution in [3.63, 3.8) is 0 Å². The van der Waals surface area contributed by atoms with Crippen LogP contribution in [-0.2, 0) is 4.79 Å². The number of H-pyrrole nitrogens is 1. The molecule has 0 fully saturated rings. The number of nitrogens with one attached hydrogen (secondary N) is 1. The van der Waals surface area contributed by atoms with Crippen molar-refractivity contribution in [2.24, 2.45) is 5.92 Å². The largest absolute Gasteiger partial charge is 0.488 e. The van der Waals surface area contributed by atoms with Crippen molar-refractivity contribution >= 4 is 34.5 Å². The van der Waals surface area contributed by atoms with E-state index in [2.05, 4.69) is 30.1 Å². The summed E-state index contributed by atoms with van der Waals surface area (Å²) in [5.74, 6) is 0.896. The van der Waals surface area contributed by atoms with Crippen LogP contribution in [0.4, 0.5) is 0 Å². The number of carboxylic acids is 1. The van der Waals surface area contributed by atoms with Crippen LogP contribution in [0.1, 0.15) is 44.4 Å². The molecule has 0 radical (unpaired) electrons. The maximum atomic E-state index is 11.4. The van der Waals surface area contributed by atoms with Gasteiger partial charge >= 0.3 is 5.97 Å². The van der Waals surface area contributed by atoms with E-state index >= 15 is 0 Å². The van der Waals surface area contributed by atoms with Gasteiger partial charge in [0, 0.05) is 23.6 Å². The Labute approximate surface area is 204 Å². The van der Waals surface area contributed by atoms with Crippen LogP contribution in [-0.4, -0.2) is 52.4 Å². The Morgan fingerprint density at radius 3 is 2.79 bits per heavy atom. The average molecular weight is 484 g/mol. The molecule has 3 aromatic rings. The van der Waals surface area contributed by atoms with Gasteiger partial charge in [-0.15, -0.1) is 0 Å². The van der Waals surface area contributed by atoms with E-state index in [1.807, 2.05) is 55.3 Å². The molecule has 0 amide bonds. The zero-order chi connectivity index (χ0) is 24.4. The topological polar surface area (TPSA) is 87.7 Å². The minimum atomic E-state index is -0.807. The van der Waals surface area contributed by atoms with Gasteiger partial charge in [0.05, 0.1) is 5.52 Å². The lowest BCUT2D eigenvalue weighted by Gasteiger charge is -2.27. The van der Waals surface area contributed by atoms with Crippen LogP contribution in [0.25, 0.3) is 17.0 Å². The summed E-state index contributed by atoms with van der Waals surface area (Å²) in [5.41, 5.74) is 3.84. The number of aliphatic carboxylic acids is 1. The van der Waals surface area contributed by atoms with E-state index in [0.717, 1.165) is 39.1 Å². The number of nitrogens with zero attached hydrogens (tertiary/aromatic N) is 2. The third kappa shape index (κ3) is 5.05. The molecule has 1 aromatic heterocycles. The number of hydrogen-bond donors (Lipinski definition) is 2. The summed E-state index contributed by atoms with van der Waals surface area (Å²) in [5, 5.41) is 17.8. The van der Waals surface area contributed by atoms with Gasteiger partial charge in [0.15, 0.2) is 0 Å². The van der Waals surface area contributed by atoms with Crippen LogP contribution in [0.2, 0.25) is 5.15 Å². The molecule has 0 bridgehead atoms. The van der Waals surface area contributed by atoms with Crippen molar-refractivity contribution in [1.82, 2.24) is 15.1 Å². The Morgan fingerprint density at radius 1 is 1.29 bits per heavy atom. The van der Waals surface area contributed by atoms with Crippen LogP contribution < -0.4 is 9.47 Å². The highest BCUT2D eigenvalue weighted by molar-refractivity contribution is 6.34. The number of carboxylic acid groups (broad SMARTS) is 1. The summed E-state index contributed by atoms with van der Waals surface area (Å²) >= 11 is 6.24. The molecule has 34 heavy (non-hydrogen) atoms. The van der Waals surface area contributed by atoms with E-state index in [-0.39, 0.29) is 12.0 Å². The Hall–Kier alpha value is -3.03. The monoisotopic (exact) mass is 483 g/mol. The smallest absolute Gasteiger partial charge is 0.320 e. The zero-order valence-electron chi connectivity index (χ0n) is 19.8. The Bertz CT molecular complexity index is 1220. The number of benzene rings is 2. The van der Waals surface area contributed by atoms with Crippen molar-refractivity contribution < 1.29 is 19.4 Å². The van der Waals surface area contributed by atoms with E-state index in [1.54, 1.807) is 0 Å². The highest BCUT2D eigenvalue weighted by Gasteiger charge is 2.24. The fourth-order valence-corrected chi connectivity index (χ4v) is 4.56. The predicted molar refractivity (Wildman–Crippen MR) is 134 cm³/mol. The Balaban J connectivity index is 1.52. The minimum absolute atomic E-state index is 0.168. The highest BCUT2D eigenvalue weighted by Crippen LogP contribution is 2.35. The number of likely N-dealkylation sites (N-methyl/N-ethyl adjacent to an activating group) is 1. The van der Waals surface area contributed by atoms with Gasteiger partial charge in [-0.3, -0.25) is 14.8 Å². The molecule has 2 atom stereocenters. The molecular weight excluding hydrogens is 454 g/mol. The number of ether oxygens (including phenoxy) is 2. The lowest BCUT2D eigenvalue weighted by atomic mass is 9.97. The summed E-state index contributed by atoms with van der Waals surface area (Å²) in [4.78, 5) is 13.3. The lowest BCUT2D eigenvalue weighted by Crippen LogP contribution is -2.39. The van der Waals surface area contributed by atoms with Crippen molar-refractivity contribution in [2.45, 2.75) is 39.3 Å². The molecule has 0 aliphatic carbocycles. The van der Waals surface area contributed by atoms with E-state index in [4.69, 9.17) is 21.1 Å². The van der Waals surface area contributed by atoms with Gasteiger partial charge < -0.3 is 14.6 Å². The molecule has 2 unspecified atom stereocenters. The molecule has 1 aliphatic rings. The van der Waals surface area contributed by atoms with Gasteiger partial charge in [-0.1, -0.05) is 38.4 Å². The first kappa shape index (κ1) is 24.1. The fourth-order valence-electron chi connectivity index (χ4n) is 4.37. The zero-order valence-corrected chi connectivity index (χ0v) is 20.6. The Morgan fingerprint density at radius 2 is 2.09 bits per heavy atom. The predicted octanol–water partition coefficient (Wildman–Crippen LogP) is 5.56. The first-order valence-corrected chi connectivity index (χ1v) is 11.8. The summed E-state index contributed by atoms with van der Waals surface area (Å²) in [6, 6.07) is 11.3. The second kappa shape index (κ2) is 10.1. The number of carbonyl (C=O) groups is 1. The normalized spacial score (nSPS) is 15.1. The van der Waals surface area contributed by atoms with E-state index in [1.165, 1.54) is 0 Å². The van der Waals surface area contributed by atoms with E-state index in [0.29, 0.717) is 24.7 Å². The summed E-state index contributed by atoms with van der Waals surface area (Å²) < 4.78 is 12.4. The maximum absolute atomic E-state index is 11.4. The molecule has 180 valence electrons. The summed E-state index contributed by atoms with van der Waals surface area (Å²) in [7, 11) is 1.83. The van der Waals surface area contributed by atoms with E-state index in [9.17, 15) is 9.90 Å². The fraction of sp³-hybridized carbons (Fsp3) is 0.385. The molecule has 7 nitrogen and oxygen atoms in total. The number of hydrogen-bond acceptors (Lipinski definition) is 5. The molecule has 2 N–H and O–H groups in total. The third-order valence-electron chi connectivity index (χ3n) is 6.14. The number of aromatic nitrogens is 2. The third-order valence-corrected chi connectivity index (χ3v) is 6.43. The summed E-state index contributed by atoms with van der Waals surface area (Å²) in [6.07, 6.45) is 2.45. The number of aromatic amines is 1. The maximum Gasteiger partial charge on any atom is 0.320 e. The van der Waals surface area contributed by atoms with Crippen molar-refractivity contribution in [1.29, 1.82) is 0 Å². The molecule has 8 heteroatoms. The molecule has 1 aliphatic heterocycles. The van der Waals surface area contributed by atoms with E-state index < -0.39 is 12.0 Å². The SMILES string of the molecule is CCC(C(=O)O)N(C)CC1=Cc2ccc(OC(c3ccc4n[nH]c(Cl)c4c3)C(C)C)cc2OC1. The molecule has 0 saturated carbocycles. The molecule has 0 spiro atoms. The molecule has 2 heterocycles. The first-order valence-electron chi connectivity index (χ1n) is 11.5. The average Bonchev–Trinajstić information content (AvgIpc) is 3.17. The molecule has 4 rings (SSSR count). The second-order valence-electron chi connectivity index (χ2n) is 9.06. The van der Waals surface area contributed by atoms with Crippen LogP contribution in [0, 0.1) is 5.92 Å². The van der Waals surface area contributed by atoms with Crippen LogP contribution >= 0.6 is 11.6 Å². The summed E-state index contributed by atoms with van der Waals surface area (Å²) in [6.45, 7) is 7.07. The van der Waals surface area contributed by atoms with Crippen molar-refractivity contribution in [3.8, 4) is 11.5 Å². The van der Waals surface area contributed by atoms with Crippen LogP contribution in [0.15, 0.2) is 42.0 Å². The second-order valence-corrected chi connectivity index (χ2v) is 9.44. The Kier molecular flexibility index (Phi) is 7.14. The minimum Gasteiger partial charge on any atom is -0.488 e. The van der Waals surface area contributed by atoms with Gasteiger partial charge in [0.1, 0.15) is 35.4 Å². The van der Waals surface area contributed by atoms with Gasteiger partial charge in [-0.25, -0.2) is 0 Å². The van der Waals surface area contributed by atoms with Crippen molar-refractivity contribution in [3.05, 3.63) is 58.3 Å². The van der Waals surface area contributed by atoms with Crippen molar-refractivity contribution in [2.75, 3.05) is 20.2 Å².